The van der Waals surface area contributed by atoms with E-state index in [9.17, 15) is 9.59 Å². The quantitative estimate of drug-likeness (QED) is 0.708. The van der Waals surface area contributed by atoms with Crippen LogP contribution in [-0.4, -0.2) is 41.0 Å². The molecule has 7 nitrogen and oxygen atoms in total. The Kier molecular flexibility index (Phi) is 6.44. The molecule has 9 heteroatoms. The van der Waals surface area contributed by atoms with Crippen molar-refractivity contribution in [2.75, 3.05) is 18.1 Å². The molecule has 1 aromatic heterocycles. The zero-order valence-corrected chi connectivity index (χ0v) is 14.4. The molecule has 3 amide bonds. The molecule has 122 valence electrons. The first-order chi connectivity index (χ1) is 10.6. The number of thioether (sulfide) groups is 1. The van der Waals surface area contributed by atoms with Gasteiger partial charge in [0, 0.05) is 13.1 Å². The van der Waals surface area contributed by atoms with Crippen LogP contribution in [0.3, 0.4) is 0 Å². The Morgan fingerprint density at radius 3 is 2.77 bits per heavy atom. The molecule has 0 aromatic carbocycles. The average molecular weight is 343 g/mol. The lowest BCUT2D eigenvalue weighted by atomic mass is 9.86. The predicted octanol–water partition coefficient (Wildman–Crippen LogP) is 2.08. The molecule has 1 aliphatic carbocycles. The maximum atomic E-state index is 11.8. The van der Waals surface area contributed by atoms with Crippen molar-refractivity contribution in [2.45, 2.75) is 43.0 Å². The van der Waals surface area contributed by atoms with Crippen molar-refractivity contribution in [2.24, 2.45) is 5.92 Å². The van der Waals surface area contributed by atoms with Crippen molar-refractivity contribution in [3.05, 3.63) is 0 Å². The van der Waals surface area contributed by atoms with E-state index in [4.69, 9.17) is 0 Å². The molecule has 1 heterocycles. The molecule has 1 fully saturated rings. The number of carbonyl (C=O) groups is 2. The van der Waals surface area contributed by atoms with E-state index in [0.717, 1.165) is 19.3 Å². The van der Waals surface area contributed by atoms with Gasteiger partial charge in [-0.05, 0) is 18.8 Å². The predicted molar refractivity (Wildman–Crippen MR) is 88.3 cm³/mol. The second-order valence-electron chi connectivity index (χ2n) is 5.30. The topological polar surface area (TPSA) is 96.0 Å². The van der Waals surface area contributed by atoms with Crippen LogP contribution in [0.25, 0.3) is 0 Å². The van der Waals surface area contributed by atoms with Gasteiger partial charge < -0.3 is 10.6 Å². The number of rotatable bonds is 5. The van der Waals surface area contributed by atoms with Crippen molar-refractivity contribution in [1.82, 2.24) is 20.8 Å². The van der Waals surface area contributed by atoms with Crippen LogP contribution in [0, 0.1) is 5.92 Å². The monoisotopic (exact) mass is 343 g/mol. The van der Waals surface area contributed by atoms with Gasteiger partial charge in [-0.15, -0.1) is 10.2 Å². The Morgan fingerprint density at radius 2 is 2.09 bits per heavy atom. The number of aromatic nitrogens is 2. The van der Waals surface area contributed by atoms with E-state index in [2.05, 4.69) is 33.1 Å². The zero-order valence-electron chi connectivity index (χ0n) is 12.7. The number of carbonyl (C=O) groups excluding carboxylic acids is 2. The Balaban J connectivity index is 1.70. The van der Waals surface area contributed by atoms with Crippen LogP contribution in [0.4, 0.5) is 9.93 Å². The van der Waals surface area contributed by atoms with Gasteiger partial charge in [-0.2, -0.15) is 0 Å². The summed E-state index contributed by atoms with van der Waals surface area (Å²) in [4.78, 5) is 23.6. The average Bonchev–Trinajstić information content (AvgIpc) is 2.95. The molecule has 0 unspecified atom stereocenters. The van der Waals surface area contributed by atoms with E-state index in [-0.39, 0.29) is 17.7 Å². The zero-order chi connectivity index (χ0) is 15.9. The van der Waals surface area contributed by atoms with Crippen molar-refractivity contribution in [1.29, 1.82) is 0 Å². The highest BCUT2D eigenvalue weighted by Crippen LogP contribution is 2.25. The van der Waals surface area contributed by atoms with Gasteiger partial charge in [0.05, 0.1) is 5.75 Å². The lowest BCUT2D eigenvalue weighted by Crippen LogP contribution is -2.48. The SMILES string of the molecule is CNc1nnc(SCC(=O)NC(=O)N[C@H]2CCCC[C@H]2C)s1. The van der Waals surface area contributed by atoms with Gasteiger partial charge in [-0.3, -0.25) is 10.1 Å². The number of hydrogen-bond acceptors (Lipinski definition) is 7. The molecule has 1 saturated carbocycles. The van der Waals surface area contributed by atoms with E-state index in [1.807, 2.05) is 0 Å². The minimum absolute atomic E-state index is 0.145. The highest BCUT2D eigenvalue weighted by atomic mass is 32.2. The molecular formula is C13H21N5O2S2. The van der Waals surface area contributed by atoms with Crippen LogP contribution < -0.4 is 16.0 Å². The number of anilines is 1. The molecule has 2 rings (SSSR count). The van der Waals surface area contributed by atoms with Crippen LogP contribution in [0.5, 0.6) is 0 Å². The second kappa shape index (κ2) is 8.33. The molecule has 2 atom stereocenters. The smallest absolute Gasteiger partial charge is 0.321 e. The summed E-state index contributed by atoms with van der Waals surface area (Å²) in [6.45, 7) is 2.14. The summed E-state index contributed by atoms with van der Waals surface area (Å²) in [7, 11) is 1.76. The molecule has 3 N–H and O–H groups in total. The lowest BCUT2D eigenvalue weighted by molar-refractivity contribution is -0.117. The van der Waals surface area contributed by atoms with Crippen LogP contribution in [0.2, 0.25) is 0 Å². The van der Waals surface area contributed by atoms with Gasteiger partial charge in [0.2, 0.25) is 11.0 Å². The van der Waals surface area contributed by atoms with Crippen LogP contribution in [0.1, 0.15) is 32.6 Å². The molecule has 0 saturated heterocycles. The number of urea groups is 1. The Labute approximate surface area is 138 Å². The first-order valence-corrected chi connectivity index (χ1v) is 9.13. The Morgan fingerprint density at radius 1 is 1.32 bits per heavy atom. The number of hydrogen-bond donors (Lipinski definition) is 3. The number of imide groups is 1. The van der Waals surface area contributed by atoms with E-state index in [1.165, 1.54) is 29.5 Å². The third-order valence-corrected chi connectivity index (χ3v) is 5.70. The normalized spacial score (nSPS) is 21.2. The third kappa shape index (κ3) is 5.13. The number of amides is 3. The van der Waals surface area contributed by atoms with Gasteiger partial charge >= 0.3 is 6.03 Å². The first-order valence-electron chi connectivity index (χ1n) is 7.33. The van der Waals surface area contributed by atoms with E-state index >= 15 is 0 Å². The van der Waals surface area contributed by atoms with Gasteiger partial charge in [-0.25, -0.2) is 4.79 Å². The van der Waals surface area contributed by atoms with Crippen molar-refractivity contribution < 1.29 is 9.59 Å². The summed E-state index contributed by atoms with van der Waals surface area (Å²) in [5.41, 5.74) is 0. The minimum atomic E-state index is -0.405. The van der Waals surface area contributed by atoms with Crippen molar-refractivity contribution in [3.8, 4) is 0 Å². The maximum Gasteiger partial charge on any atom is 0.321 e. The summed E-state index contributed by atoms with van der Waals surface area (Å²) in [5, 5.41) is 16.7. The summed E-state index contributed by atoms with van der Waals surface area (Å²) < 4.78 is 0.695. The second-order valence-corrected chi connectivity index (χ2v) is 7.50. The fourth-order valence-corrected chi connectivity index (χ4v) is 3.90. The van der Waals surface area contributed by atoms with Gasteiger partial charge in [0.15, 0.2) is 4.34 Å². The van der Waals surface area contributed by atoms with Gasteiger partial charge in [0.1, 0.15) is 0 Å². The van der Waals surface area contributed by atoms with Crippen LogP contribution >= 0.6 is 23.1 Å². The Hall–Kier alpha value is -1.35. The molecule has 0 aliphatic heterocycles. The fourth-order valence-electron chi connectivity index (χ4n) is 2.39. The van der Waals surface area contributed by atoms with Crippen LogP contribution in [0.15, 0.2) is 4.34 Å². The standard InChI is InChI=1S/C13H21N5O2S2/c1-8-5-3-4-6-9(8)15-11(20)16-10(19)7-21-13-18-17-12(14-2)22-13/h8-9H,3-7H2,1-2H3,(H,14,17)(H2,15,16,19,20)/t8-,9+/m1/s1. The molecular weight excluding hydrogens is 322 g/mol. The summed E-state index contributed by atoms with van der Waals surface area (Å²) in [5.74, 6) is 0.281. The highest BCUT2D eigenvalue weighted by Gasteiger charge is 2.23. The summed E-state index contributed by atoms with van der Waals surface area (Å²) in [6.07, 6.45) is 4.45. The fraction of sp³-hybridized carbons (Fsp3) is 0.692. The minimum Gasteiger partial charge on any atom is -0.363 e. The van der Waals surface area contributed by atoms with Gasteiger partial charge in [-0.1, -0.05) is 42.9 Å². The number of nitrogens with zero attached hydrogens (tertiary/aromatic N) is 2. The first kappa shape index (κ1) is 17.0. The highest BCUT2D eigenvalue weighted by molar-refractivity contribution is 8.01. The maximum absolute atomic E-state index is 11.8. The Bertz CT molecular complexity index is 522. The van der Waals surface area contributed by atoms with Crippen LogP contribution in [-0.2, 0) is 4.79 Å². The largest absolute Gasteiger partial charge is 0.363 e. The van der Waals surface area contributed by atoms with E-state index in [1.54, 1.807) is 7.05 Å². The third-order valence-electron chi connectivity index (χ3n) is 3.63. The number of nitrogens with one attached hydrogen (secondary N) is 3. The van der Waals surface area contributed by atoms with E-state index < -0.39 is 6.03 Å². The lowest BCUT2D eigenvalue weighted by Gasteiger charge is -2.29. The van der Waals surface area contributed by atoms with Gasteiger partial charge in [0.25, 0.3) is 0 Å². The molecule has 22 heavy (non-hydrogen) atoms. The summed E-state index contributed by atoms with van der Waals surface area (Å²) in [6, 6.07) is -0.243. The van der Waals surface area contributed by atoms with Crippen molar-refractivity contribution in [3.63, 3.8) is 0 Å². The molecule has 1 aliphatic rings. The molecule has 0 spiro atoms. The van der Waals surface area contributed by atoms with Crippen molar-refractivity contribution >= 4 is 40.2 Å². The van der Waals surface area contributed by atoms with E-state index in [0.29, 0.717) is 15.4 Å². The summed E-state index contributed by atoms with van der Waals surface area (Å²) >= 11 is 2.64. The molecule has 1 aromatic rings. The molecule has 0 bridgehead atoms. The molecule has 0 radical (unpaired) electrons.